The quantitative estimate of drug-likeness (QED) is 0.185. The Morgan fingerprint density at radius 1 is 0.288 bits per heavy atom. The first kappa shape index (κ1) is 27.7. The molecule has 0 N–H and O–H groups in total. The Morgan fingerprint density at radius 2 is 0.731 bits per heavy atom. The maximum Gasteiger partial charge on any atom is 0.137 e. The summed E-state index contributed by atoms with van der Waals surface area (Å²) >= 11 is 0. The number of nitrogens with zero attached hydrogens (tertiary/aromatic N) is 3. The van der Waals surface area contributed by atoms with Crippen molar-refractivity contribution in [3.8, 4) is 17.1 Å². The second-order valence-corrected chi connectivity index (χ2v) is 13.7. The number of aromatic nitrogens is 3. The van der Waals surface area contributed by atoms with Gasteiger partial charge in [-0.15, -0.1) is 0 Å². The summed E-state index contributed by atoms with van der Waals surface area (Å²) < 4.78 is 13.9. The first-order chi connectivity index (χ1) is 25.8. The van der Waals surface area contributed by atoms with Gasteiger partial charge in [0.2, 0.25) is 0 Å². The van der Waals surface area contributed by atoms with Crippen LogP contribution in [0.25, 0.3) is 104 Å². The van der Waals surface area contributed by atoms with Crippen LogP contribution in [0.2, 0.25) is 0 Å². The lowest BCUT2D eigenvalue weighted by Crippen LogP contribution is -1.96. The van der Waals surface area contributed by atoms with Gasteiger partial charge in [-0.1, -0.05) is 97.1 Å². The number of benzene rings is 8. The van der Waals surface area contributed by atoms with Gasteiger partial charge >= 0.3 is 0 Å². The number of para-hydroxylation sites is 5. The lowest BCUT2D eigenvalue weighted by atomic mass is 10.1. The van der Waals surface area contributed by atoms with Gasteiger partial charge in [0, 0.05) is 55.1 Å². The van der Waals surface area contributed by atoms with E-state index in [1.54, 1.807) is 0 Å². The fourth-order valence-corrected chi connectivity index (χ4v) is 8.88. The molecule has 12 rings (SSSR count). The Hall–Kier alpha value is -7.04. The zero-order valence-electron chi connectivity index (χ0n) is 28.0. The molecule has 4 nitrogen and oxygen atoms in total. The minimum absolute atomic E-state index is 0.872. The number of fused-ring (bicyclic) bond motifs is 12. The molecule has 0 saturated heterocycles. The number of hydrogen-bond donors (Lipinski definition) is 0. The van der Waals surface area contributed by atoms with Crippen molar-refractivity contribution in [2.24, 2.45) is 0 Å². The average Bonchev–Trinajstić information content (AvgIpc) is 3.94. The van der Waals surface area contributed by atoms with Gasteiger partial charge in [-0.3, -0.25) is 0 Å². The van der Waals surface area contributed by atoms with E-state index in [9.17, 15) is 0 Å². The molecule has 52 heavy (non-hydrogen) atoms. The van der Waals surface area contributed by atoms with Crippen LogP contribution >= 0.6 is 0 Å². The van der Waals surface area contributed by atoms with Crippen molar-refractivity contribution in [1.29, 1.82) is 0 Å². The molecule has 0 atom stereocenters. The average molecular weight is 664 g/mol. The minimum Gasteiger partial charge on any atom is -0.456 e. The summed E-state index contributed by atoms with van der Waals surface area (Å²) in [5.41, 5.74) is 12.2. The Bertz CT molecular complexity index is 3320. The van der Waals surface area contributed by atoms with Crippen LogP contribution in [0, 0.1) is 0 Å². The Labute approximate surface area is 297 Å². The van der Waals surface area contributed by atoms with E-state index in [1.165, 1.54) is 59.9 Å². The smallest absolute Gasteiger partial charge is 0.137 e. The highest BCUT2D eigenvalue weighted by molar-refractivity contribution is 6.16. The Balaban J connectivity index is 1.09. The maximum atomic E-state index is 6.70. The second kappa shape index (κ2) is 10.3. The van der Waals surface area contributed by atoms with Gasteiger partial charge < -0.3 is 18.1 Å². The van der Waals surface area contributed by atoms with Crippen LogP contribution in [0.15, 0.2) is 180 Å². The maximum absolute atomic E-state index is 6.70. The van der Waals surface area contributed by atoms with Crippen molar-refractivity contribution in [2.45, 2.75) is 0 Å². The summed E-state index contributed by atoms with van der Waals surface area (Å²) in [6.45, 7) is 0. The molecule has 0 unspecified atom stereocenters. The van der Waals surface area contributed by atoms with E-state index in [1.807, 2.05) is 0 Å². The van der Waals surface area contributed by atoms with E-state index in [0.29, 0.717) is 0 Å². The van der Waals surface area contributed by atoms with Crippen LogP contribution in [-0.4, -0.2) is 13.7 Å². The van der Waals surface area contributed by atoms with Crippen LogP contribution < -0.4 is 0 Å². The molecular formula is C48H29N3O. The standard InChI is InChI=1S/C48H29N3O/c1-6-17-39-32(12-1)33-13-2-7-18-40(33)49(39)30-25-27-44-38(28-30)36-16-5-10-21-43(36)51(44)45-22-11-23-46-48(45)37-26-24-31(29-47(37)52-46)50-41-19-8-3-14-34(41)35-15-4-9-20-42(35)50/h1-29H. The topological polar surface area (TPSA) is 27.9 Å². The lowest BCUT2D eigenvalue weighted by Gasteiger charge is -2.11. The van der Waals surface area contributed by atoms with Crippen molar-refractivity contribution < 1.29 is 4.42 Å². The summed E-state index contributed by atoms with van der Waals surface area (Å²) in [5, 5.41) is 9.67. The van der Waals surface area contributed by atoms with Gasteiger partial charge in [0.25, 0.3) is 0 Å². The van der Waals surface area contributed by atoms with E-state index >= 15 is 0 Å². The van der Waals surface area contributed by atoms with Crippen LogP contribution in [0.3, 0.4) is 0 Å². The fraction of sp³-hybridized carbons (Fsp3) is 0. The van der Waals surface area contributed by atoms with Crippen LogP contribution in [0.5, 0.6) is 0 Å². The highest BCUT2D eigenvalue weighted by Crippen LogP contribution is 2.41. The molecule has 0 bridgehead atoms. The molecule has 0 radical (unpaired) electrons. The molecule has 12 aromatic rings. The van der Waals surface area contributed by atoms with E-state index in [-0.39, 0.29) is 0 Å². The van der Waals surface area contributed by atoms with Gasteiger partial charge in [-0.05, 0) is 72.8 Å². The summed E-state index contributed by atoms with van der Waals surface area (Å²) in [6, 6.07) is 63.4. The van der Waals surface area contributed by atoms with Crippen molar-refractivity contribution in [2.75, 3.05) is 0 Å². The summed E-state index contributed by atoms with van der Waals surface area (Å²) in [5.74, 6) is 0. The van der Waals surface area contributed by atoms with Gasteiger partial charge in [-0.25, -0.2) is 0 Å². The van der Waals surface area contributed by atoms with Crippen LogP contribution in [-0.2, 0) is 0 Å². The van der Waals surface area contributed by atoms with E-state index in [4.69, 9.17) is 4.42 Å². The summed E-state index contributed by atoms with van der Waals surface area (Å²) in [6.07, 6.45) is 0. The molecule has 0 amide bonds. The third kappa shape index (κ3) is 3.65. The monoisotopic (exact) mass is 663 g/mol. The van der Waals surface area contributed by atoms with Gasteiger partial charge in [0.1, 0.15) is 11.2 Å². The molecule has 0 aliphatic rings. The van der Waals surface area contributed by atoms with E-state index < -0.39 is 0 Å². The zero-order chi connectivity index (χ0) is 33.9. The van der Waals surface area contributed by atoms with E-state index in [2.05, 4.69) is 190 Å². The fourth-order valence-electron chi connectivity index (χ4n) is 8.88. The molecule has 0 spiro atoms. The number of rotatable bonds is 3. The van der Waals surface area contributed by atoms with Crippen molar-refractivity contribution in [3.05, 3.63) is 176 Å². The molecule has 4 heterocycles. The summed E-state index contributed by atoms with van der Waals surface area (Å²) in [4.78, 5) is 0. The first-order valence-corrected chi connectivity index (χ1v) is 17.8. The van der Waals surface area contributed by atoms with Gasteiger partial charge in [0.05, 0.1) is 44.2 Å². The molecule has 0 saturated carbocycles. The van der Waals surface area contributed by atoms with Crippen LogP contribution in [0.4, 0.5) is 0 Å². The molecule has 0 aliphatic heterocycles. The zero-order valence-corrected chi connectivity index (χ0v) is 28.0. The third-order valence-electron chi connectivity index (χ3n) is 11.0. The van der Waals surface area contributed by atoms with Gasteiger partial charge in [0.15, 0.2) is 0 Å². The predicted molar refractivity (Wildman–Crippen MR) is 217 cm³/mol. The van der Waals surface area contributed by atoms with E-state index in [0.717, 1.165) is 44.5 Å². The number of hydrogen-bond acceptors (Lipinski definition) is 1. The largest absolute Gasteiger partial charge is 0.456 e. The molecule has 242 valence electrons. The SMILES string of the molecule is c1cc(-n2c3ccccc3c3cc(-n4c5ccccc5c5ccccc54)ccc32)c2c(c1)oc1cc(-n3c4ccccc4c4ccccc43)ccc12. The molecule has 4 aromatic heterocycles. The first-order valence-electron chi connectivity index (χ1n) is 17.8. The normalized spacial score (nSPS) is 12.2. The number of furan rings is 1. The molecule has 4 heteroatoms. The molecule has 0 fully saturated rings. The van der Waals surface area contributed by atoms with Crippen molar-refractivity contribution in [3.63, 3.8) is 0 Å². The molecular weight excluding hydrogens is 635 g/mol. The Kier molecular flexibility index (Phi) is 5.47. The predicted octanol–water partition coefficient (Wildman–Crippen LogP) is 12.9. The summed E-state index contributed by atoms with van der Waals surface area (Å²) in [7, 11) is 0. The Morgan fingerprint density at radius 3 is 1.29 bits per heavy atom. The van der Waals surface area contributed by atoms with Gasteiger partial charge in [-0.2, -0.15) is 0 Å². The lowest BCUT2D eigenvalue weighted by molar-refractivity contribution is 0.668. The highest BCUT2D eigenvalue weighted by Gasteiger charge is 2.20. The van der Waals surface area contributed by atoms with Crippen molar-refractivity contribution >= 4 is 87.4 Å². The highest BCUT2D eigenvalue weighted by atomic mass is 16.3. The van der Waals surface area contributed by atoms with Crippen molar-refractivity contribution in [1.82, 2.24) is 13.7 Å². The van der Waals surface area contributed by atoms with Crippen LogP contribution in [0.1, 0.15) is 0 Å². The minimum atomic E-state index is 0.872. The molecule has 8 aromatic carbocycles. The second-order valence-electron chi connectivity index (χ2n) is 13.7. The third-order valence-corrected chi connectivity index (χ3v) is 11.0. The molecule has 0 aliphatic carbocycles.